The second-order valence-corrected chi connectivity index (χ2v) is 7.07. The summed E-state index contributed by atoms with van der Waals surface area (Å²) in [7, 11) is -0.611. The normalized spacial score (nSPS) is 16.0. The van der Waals surface area contributed by atoms with Gasteiger partial charge in [0.25, 0.3) is 0 Å². The Balaban J connectivity index is 3.79. The summed E-state index contributed by atoms with van der Waals surface area (Å²) in [5, 5.41) is 0. The summed E-state index contributed by atoms with van der Waals surface area (Å²) in [6.07, 6.45) is 7.79. The van der Waals surface area contributed by atoms with Crippen LogP contribution in [0.3, 0.4) is 0 Å². The van der Waals surface area contributed by atoms with Crippen LogP contribution in [0.15, 0.2) is 12.7 Å². The van der Waals surface area contributed by atoms with Gasteiger partial charge in [0.15, 0.2) is 0 Å². The molecule has 0 aliphatic heterocycles. The van der Waals surface area contributed by atoms with E-state index in [0.717, 1.165) is 5.75 Å². The molecule has 1 nitrogen and oxygen atoms in total. The number of hydrogen-bond acceptors (Lipinski definition) is 1. The van der Waals surface area contributed by atoms with Crippen LogP contribution in [0.2, 0.25) is 0 Å². The molecule has 11 heavy (non-hydrogen) atoms. The van der Waals surface area contributed by atoms with Crippen LogP contribution in [-0.2, 0) is 0 Å². The van der Waals surface area contributed by atoms with Gasteiger partial charge in [0.1, 0.15) is 0 Å². The molecule has 1 N–H and O–H groups in total. The molecule has 1 atom stereocenters. The van der Waals surface area contributed by atoms with Crippen LogP contribution in [0.25, 0.3) is 0 Å². The van der Waals surface area contributed by atoms with Crippen molar-refractivity contribution in [1.29, 1.82) is 0 Å². The molecular formula is C9H21NS. The quantitative estimate of drug-likeness (QED) is 0.633. The van der Waals surface area contributed by atoms with Crippen LogP contribution in [-0.4, -0.2) is 24.3 Å². The molecule has 0 saturated heterocycles. The lowest BCUT2D eigenvalue weighted by molar-refractivity contribution is 0.663. The third-order valence-corrected chi connectivity index (χ3v) is 3.78. The SMILES string of the molecule is C=CCS(C)(C)NC(C)CC. The molecule has 0 aromatic carbocycles. The fraction of sp³-hybridized carbons (Fsp3) is 0.778. The lowest BCUT2D eigenvalue weighted by Gasteiger charge is -2.34. The summed E-state index contributed by atoms with van der Waals surface area (Å²) in [6, 6.07) is 0.639. The van der Waals surface area contributed by atoms with Crippen LogP contribution in [0, 0.1) is 0 Å². The zero-order valence-corrected chi connectivity index (χ0v) is 9.00. The maximum atomic E-state index is 3.76. The van der Waals surface area contributed by atoms with Gasteiger partial charge < -0.3 is 0 Å². The first-order valence-electron chi connectivity index (χ1n) is 4.11. The van der Waals surface area contributed by atoms with Gasteiger partial charge in [-0.1, -0.05) is 13.0 Å². The van der Waals surface area contributed by atoms with Gasteiger partial charge >= 0.3 is 0 Å². The molecule has 0 saturated carbocycles. The monoisotopic (exact) mass is 175 g/mol. The zero-order valence-electron chi connectivity index (χ0n) is 8.18. The molecule has 0 heterocycles. The van der Waals surface area contributed by atoms with Crippen molar-refractivity contribution < 1.29 is 0 Å². The highest BCUT2D eigenvalue weighted by Gasteiger charge is 2.10. The van der Waals surface area contributed by atoms with E-state index in [-0.39, 0.29) is 0 Å². The Morgan fingerprint density at radius 1 is 1.55 bits per heavy atom. The van der Waals surface area contributed by atoms with E-state index in [1.807, 2.05) is 6.08 Å². The van der Waals surface area contributed by atoms with Crippen molar-refractivity contribution in [1.82, 2.24) is 4.72 Å². The maximum Gasteiger partial charge on any atom is 0.0126 e. The van der Waals surface area contributed by atoms with Crippen LogP contribution >= 0.6 is 10.2 Å². The minimum Gasteiger partial charge on any atom is -0.278 e. The summed E-state index contributed by atoms with van der Waals surface area (Å²) < 4.78 is 3.62. The first-order chi connectivity index (χ1) is 5.02. The van der Waals surface area contributed by atoms with Crippen molar-refractivity contribution in [2.45, 2.75) is 26.3 Å². The molecule has 0 rings (SSSR count). The van der Waals surface area contributed by atoms with Crippen LogP contribution in [0.4, 0.5) is 0 Å². The van der Waals surface area contributed by atoms with Gasteiger partial charge in [-0.25, -0.2) is 0 Å². The van der Waals surface area contributed by atoms with E-state index in [1.165, 1.54) is 6.42 Å². The average Bonchev–Trinajstić information content (AvgIpc) is 1.86. The first kappa shape index (κ1) is 11.1. The summed E-state index contributed by atoms with van der Waals surface area (Å²) in [6.45, 7) is 8.20. The Hall–Kier alpha value is 0.0500. The summed E-state index contributed by atoms with van der Waals surface area (Å²) >= 11 is 0. The standard InChI is InChI=1S/C9H21NS/c1-6-8-11(4,5)10-9(3)7-2/h6,9-10H,1,7-8H2,2-5H3. The molecule has 0 aromatic heterocycles. The predicted octanol–water partition coefficient (Wildman–Crippen LogP) is 2.54. The van der Waals surface area contributed by atoms with E-state index in [0.29, 0.717) is 6.04 Å². The number of hydrogen-bond donors (Lipinski definition) is 1. The van der Waals surface area contributed by atoms with E-state index in [4.69, 9.17) is 0 Å². The van der Waals surface area contributed by atoms with E-state index < -0.39 is 10.2 Å². The Bertz CT molecular complexity index is 121. The van der Waals surface area contributed by atoms with Gasteiger partial charge in [-0.2, -0.15) is 10.2 Å². The molecule has 0 bridgehead atoms. The molecule has 0 aromatic rings. The van der Waals surface area contributed by atoms with Crippen molar-refractivity contribution in [2.75, 3.05) is 18.3 Å². The summed E-state index contributed by atoms with van der Waals surface area (Å²) in [5.74, 6) is 1.11. The molecule has 1 unspecified atom stereocenters. The fourth-order valence-corrected chi connectivity index (χ4v) is 2.91. The molecular weight excluding hydrogens is 154 g/mol. The number of rotatable bonds is 5. The van der Waals surface area contributed by atoms with Gasteiger partial charge in [0, 0.05) is 11.8 Å². The lowest BCUT2D eigenvalue weighted by atomic mass is 10.3. The first-order valence-corrected chi connectivity index (χ1v) is 6.73. The van der Waals surface area contributed by atoms with Gasteiger partial charge in [-0.15, -0.1) is 6.58 Å². The van der Waals surface area contributed by atoms with Gasteiger partial charge in [-0.3, -0.25) is 4.72 Å². The van der Waals surface area contributed by atoms with Crippen molar-refractivity contribution in [3.8, 4) is 0 Å². The van der Waals surface area contributed by atoms with Gasteiger partial charge in [-0.05, 0) is 25.9 Å². The molecule has 0 fully saturated rings. The largest absolute Gasteiger partial charge is 0.278 e. The van der Waals surface area contributed by atoms with Crippen molar-refractivity contribution in [3.63, 3.8) is 0 Å². The zero-order chi connectivity index (χ0) is 8.91. The molecule has 0 radical (unpaired) electrons. The Labute approximate surface area is 72.7 Å². The van der Waals surface area contributed by atoms with Crippen LogP contribution in [0.5, 0.6) is 0 Å². The minimum absolute atomic E-state index is 0.611. The van der Waals surface area contributed by atoms with E-state index >= 15 is 0 Å². The summed E-state index contributed by atoms with van der Waals surface area (Å²) in [4.78, 5) is 0. The third-order valence-electron chi connectivity index (χ3n) is 1.67. The fourth-order valence-electron chi connectivity index (χ4n) is 0.971. The molecule has 0 amide bonds. The molecule has 0 spiro atoms. The number of nitrogens with one attached hydrogen (secondary N) is 1. The van der Waals surface area contributed by atoms with Gasteiger partial charge in [0.2, 0.25) is 0 Å². The third kappa shape index (κ3) is 5.33. The minimum atomic E-state index is -0.611. The maximum absolute atomic E-state index is 3.76. The Morgan fingerprint density at radius 3 is 2.45 bits per heavy atom. The highest BCUT2D eigenvalue weighted by molar-refractivity contribution is 8.31. The van der Waals surface area contributed by atoms with Crippen molar-refractivity contribution >= 4 is 10.2 Å². The second-order valence-electron chi connectivity index (χ2n) is 3.42. The molecule has 2 heteroatoms. The van der Waals surface area contributed by atoms with Gasteiger partial charge in [0.05, 0.1) is 0 Å². The topological polar surface area (TPSA) is 12.0 Å². The van der Waals surface area contributed by atoms with Crippen LogP contribution < -0.4 is 4.72 Å². The van der Waals surface area contributed by atoms with Crippen molar-refractivity contribution in [3.05, 3.63) is 12.7 Å². The molecule has 0 aliphatic rings. The van der Waals surface area contributed by atoms with E-state index in [1.54, 1.807) is 0 Å². The van der Waals surface area contributed by atoms with Crippen LogP contribution in [0.1, 0.15) is 20.3 Å². The van der Waals surface area contributed by atoms with Crippen molar-refractivity contribution in [2.24, 2.45) is 0 Å². The molecule has 0 aliphatic carbocycles. The second kappa shape index (κ2) is 4.83. The van der Waals surface area contributed by atoms with E-state index in [9.17, 15) is 0 Å². The Morgan fingerprint density at radius 2 is 2.09 bits per heavy atom. The van der Waals surface area contributed by atoms with E-state index in [2.05, 4.69) is 37.7 Å². The predicted molar refractivity (Wildman–Crippen MR) is 57.4 cm³/mol. The highest BCUT2D eigenvalue weighted by atomic mass is 32.3. The smallest absolute Gasteiger partial charge is 0.0126 e. The highest BCUT2D eigenvalue weighted by Crippen LogP contribution is 2.35. The Kier molecular flexibility index (Phi) is 4.86. The lowest BCUT2D eigenvalue weighted by Crippen LogP contribution is -2.29. The summed E-state index contributed by atoms with van der Waals surface area (Å²) in [5.41, 5.74) is 0. The average molecular weight is 175 g/mol. The molecule has 68 valence electrons.